The molecule has 1 aliphatic rings. The van der Waals surface area contributed by atoms with Crippen molar-refractivity contribution in [3.8, 4) is 0 Å². The molecule has 3 rings (SSSR count). The predicted octanol–water partition coefficient (Wildman–Crippen LogP) is 3.40. The highest BCUT2D eigenvalue weighted by molar-refractivity contribution is 6.30. The molecule has 2 atom stereocenters. The predicted molar refractivity (Wildman–Crippen MR) is 92.7 cm³/mol. The fourth-order valence-electron chi connectivity index (χ4n) is 3.47. The van der Waals surface area contributed by atoms with Gasteiger partial charge in [-0.3, -0.25) is 4.90 Å². The number of aromatic nitrogens is 3. The first kappa shape index (κ1) is 16.7. The summed E-state index contributed by atoms with van der Waals surface area (Å²) in [5, 5.41) is 15.7. The van der Waals surface area contributed by atoms with Crippen molar-refractivity contribution in [1.82, 2.24) is 19.7 Å². The van der Waals surface area contributed by atoms with E-state index in [0.717, 1.165) is 42.5 Å². The smallest absolute Gasteiger partial charge is 0.159 e. The minimum atomic E-state index is -0.263. The fraction of sp³-hybridized carbons (Fsp3) is 0.647. The second-order valence-corrected chi connectivity index (χ2v) is 7.24. The van der Waals surface area contributed by atoms with Crippen molar-refractivity contribution in [2.75, 3.05) is 6.54 Å². The van der Waals surface area contributed by atoms with Gasteiger partial charge in [0, 0.05) is 29.6 Å². The monoisotopic (exact) mass is 336 g/mol. The van der Waals surface area contributed by atoms with Crippen LogP contribution in [0.3, 0.4) is 0 Å². The molecule has 0 aliphatic carbocycles. The summed E-state index contributed by atoms with van der Waals surface area (Å²) < 4.78 is 1.90. The third-order valence-electron chi connectivity index (χ3n) is 4.57. The first-order valence-corrected chi connectivity index (χ1v) is 8.78. The van der Waals surface area contributed by atoms with E-state index in [1.807, 2.05) is 17.8 Å². The maximum absolute atomic E-state index is 9.67. The van der Waals surface area contributed by atoms with Crippen LogP contribution >= 0.6 is 11.6 Å². The van der Waals surface area contributed by atoms with Crippen molar-refractivity contribution in [3.63, 3.8) is 0 Å². The van der Waals surface area contributed by atoms with Gasteiger partial charge in [0.25, 0.3) is 0 Å². The molecule has 1 fully saturated rings. The van der Waals surface area contributed by atoms with Crippen LogP contribution in [-0.2, 0) is 6.54 Å². The molecule has 6 heteroatoms. The molecular formula is C17H25ClN4O. The summed E-state index contributed by atoms with van der Waals surface area (Å²) in [5.41, 5.74) is 1.88. The van der Waals surface area contributed by atoms with Gasteiger partial charge in [-0.25, -0.2) is 9.67 Å². The average molecular weight is 337 g/mol. The molecule has 0 amide bonds. The van der Waals surface area contributed by atoms with Crippen molar-refractivity contribution < 1.29 is 5.11 Å². The summed E-state index contributed by atoms with van der Waals surface area (Å²) in [6.07, 6.45) is 4.73. The van der Waals surface area contributed by atoms with E-state index >= 15 is 0 Å². The zero-order chi connectivity index (χ0) is 16.6. The van der Waals surface area contributed by atoms with E-state index in [1.165, 1.54) is 6.42 Å². The van der Waals surface area contributed by atoms with Gasteiger partial charge in [0.15, 0.2) is 5.65 Å². The van der Waals surface area contributed by atoms with Crippen LogP contribution in [0.4, 0.5) is 0 Å². The molecule has 126 valence electrons. The molecule has 0 radical (unpaired) electrons. The van der Waals surface area contributed by atoms with Crippen molar-refractivity contribution in [3.05, 3.63) is 23.0 Å². The maximum Gasteiger partial charge on any atom is 0.159 e. The Kier molecular flexibility index (Phi) is 4.90. The normalized spacial score (nSPS) is 20.7. The topological polar surface area (TPSA) is 54.2 Å². The molecule has 1 N–H and O–H groups in total. The first-order valence-electron chi connectivity index (χ1n) is 8.40. The molecule has 3 heterocycles. The lowest BCUT2D eigenvalue weighted by molar-refractivity contribution is 0.131. The van der Waals surface area contributed by atoms with Crippen LogP contribution < -0.4 is 0 Å². The van der Waals surface area contributed by atoms with Gasteiger partial charge in [0.2, 0.25) is 0 Å². The Morgan fingerprint density at radius 1 is 1.39 bits per heavy atom. The van der Waals surface area contributed by atoms with E-state index in [1.54, 1.807) is 0 Å². The van der Waals surface area contributed by atoms with Crippen LogP contribution in [-0.4, -0.2) is 43.5 Å². The van der Waals surface area contributed by atoms with E-state index in [9.17, 15) is 5.11 Å². The Morgan fingerprint density at radius 3 is 2.87 bits per heavy atom. The van der Waals surface area contributed by atoms with Crippen LogP contribution in [0.5, 0.6) is 0 Å². The molecule has 5 nitrogen and oxygen atoms in total. The van der Waals surface area contributed by atoms with Crippen LogP contribution in [0.1, 0.15) is 51.6 Å². The maximum atomic E-state index is 9.67. The average Bonchev–Trinajstić information content (AvgIpc) is 3.06. The van der Waals surface area contributed by atoms with Crippen LogP contribution in [0, 0.1) is 0 Å². The highest BCUT2D eigenvalue weighted by Crippen LogP contribution is 2.28. The second kappa shape index (κ2) is 6.75. The Balaban J connectivity index is 1.84. The summed E-state index contributed by atoms with van der Waals surface area (Å²) in [4.78, 5) is 6.99. The number of fused-ring (bicyclic) bond motifs is 1. The molecule has 2 aromatic heterocycles. The molecule has 1 aliphatic heterocycles. The molecule has 2 unspecified atom stereocenters. The van der Waals surface area contributed by atoms with Gasteiger partial charge in [-0.2, -0.15) is 5.10 Å². The number of aliphatic hydroxyl groups excluding tert-OH is 1. The van der Waals surface area contributed by atoms with Crippen molar-refractivity contribution in [1.29, 1.82) is 0 Å². The largest absolute Gasteiger partial charge is 0.393 e. The molecule has 0 bridgehead atoms. The number of hydrogen-bond donors (Lipinski definition) is 1. The standard InChI is InChI=1S/C17H25ClN4O/c1-11(2)22-17-13(9-19-22)8-14(16(18)20-17)10-21-6-4-5-15(21)7-12(3)23/h8-9,11-12,15,23H,4-7,10H2,1-3H3. The SMILES string of the molecule is CC(O)CC1CCCN1Cc1cc2cnn(C(C)C)c2nc1Cl. The quantitative estimate of drug-likeness (QED) is 0.850. The Morgan fingerprint density at radius 2 is 2.17 bits per heavy atom. The lowest BCUT2D eigenvalue weighted by Crippen LogP contribution is -2.31. The summed E-state index contributed by atoms with van der Waals surface area (Å²) in [7, 11) is 0. The van der Waals surface area contributed by atoms with Gasteiger partial charge < -0.3 is 5.11 Å². The van der Waals surface area contributed by atoms with E-state index in [2.05, 4.69) is 34.9 Å². The van der Waals surface area contributed by atoms with Crippen LogP contribution in [0.15, 0.2) is 12.3 Å². The third kappa shape index (κ3) is 3.52. The van der Waals surface area contributed by atoms with E-state index in [4.69, 9.17) is 11.6 Å². The molecule has 0 saturated carbocycles. The Labute approximate surface area is 142 Å². The highest BCUT2D eigenvalue weighted by Gasteiger charge is 2.26. The van der Waals surface area contributed by atoms with E-state index in [0.29, 0.717) is 11.2 Å². The number of halogens is 1. The number of nitrogens with zero attached hydrogens (tertiary/aromatic N) is 4. The van der Waals surface area contributed by atoms with Crippen LogP contribution in [0.2, 0.25) is 5.15 Å². The number of hydrogen-bond acceptors (Lipinski definition) is 4. The molecule has 1 saturated heterocycles. The van der Waals surface area contributed by atoms with Crippen molar-refractivity contribution >= 4 is 22.6 Å². The lowest BCUT2D eigenvalue weighted by atomic mass is 10.1. The Hall–Kier alpha value is -1.17. The summed E-state index contributed by atoms with van der Waals surface area (Å²) in [5.74, 6) is 0. The minimum absolute atomic E-state index is 0.260. The number of aliphatic hydroxyl groups is 1. The van der Waals surface area contributed by atoms with Crippen LogP contribution in [0.25, 0.3) is 11.0 Å². The summed E-state index contributed by atoms with van der Waals surface area (Å²) >= 11 is 6.44. The minimum Gasteiger partial charge on any atom is -0.393 e. The van der Waals surface area contributed by atoms with E-state index < -0.39 is 0 Å². The molecule has 0 aromatic carbocycles. The lowest BCUT2D eigenvalue weighted by Gasteiger charge is -2.25. The zero-order valence-corrected chi connectivity index (χ0v) is 14.8. The van der Waals surface area contributed by atoms with Gasteiger partial charge in [-0.15, -0.1) is 0 Å². The van der Waals surface area contributed by atoms with Gasteiger partial charge in [0.1, 0.15) is 5.15 Å². The van der Waals surface area contributed by atoms with Gasteiger partial charge >= 0.3 is 0 Å². The number of pyridine rings is 1. The second-order valence-electron chi connectivity index (χ2n) is 6.89. The summed E-state index contributed by atoms with van der Waals surface area (Å²) in [6, 6.07) is 2.80. The molecule has 0 spiro atoms. The number of likely N-dealkylation sites (tertiary alicyclic amines) is 1. The molecule has 23 heavy (non-hydrogen) atoms. The van der Waals surface area contributed by atoms with Gasteiger partial charge in [0.05, 0.1) is 12.3 Å². The molecular weight excluding hydrogens is 312 g/mol. The Bertz CT molecular complexity index is 683. The van der Waals surface area contributed by atoms with Gasteiger partial charge in [-0.1, -0.05) is 11.6 Å². The number of rotatable bonds is 5. The third-order valence-corrected chi connectivity index (χ3v) is 4.90. The highest BCUT2D eigenvalue weighted by atomic mass is 35.5. The van der Waals surface area contributed by atoms with Gasteiger partial charge in [-0.05, 0) is 52.6 Å². The zero-order valence-electron chi connectivity index (χ0n) is 14.0. The fourth-order valence-corrected chi connectivity index (χ4v) is 3.66. The van der Waals surface area contributed by atoms with Crippen molar-refractivity contribution in [2.24, 2.45) is 0 Å². The van der Waals surface area contributed by atoms with E-state index in [-0.39, 0.29) is 12.1 Å². The van der Waals surface area contributed by atoms with Crippen molar-refractivity contribution in [2.45, 2.75) is 64.8 Å². The summed E-state index contributed by atoms with van der Waals surface area (Å²) in [6.45, 7) is 7.86. The first-order chi connectivity index (χ1) is 11.0. The molecule has 2 aromatic rings.